The highest BCUT2D eigenvalue weighted by Crippen LogP contribution is 2.54. The minimum atomic E-state index is -0.394. The fourth-order valence-corrected chi connectivity index (χ4v) is 4.80. The molecule has 2 unspecified atom stereocenters. The van der Waals surface area contributed by atoms with Crippen molar-refractivity contribution in [1.29, 1.82) is 0 Å². The first-order valence-electron chi connectivity index (χ1n) is 10.4. The average molecular weight is 429 g/mol. The quantitative estimate of drug-likeness (QED) is 0.674. The number of halogens is 1. The van der Waals surface area contributed by atoms with Gasteiger partial charge in [0.05, 0.1) is 30.0 Å². The second-order valence-electron chi connectivity index (χ2n) is 8.79. The Labute approximate surface area is 183 Å². The molecule has 4 rings (SSSR count). The zero-order valence-electron chi connectivity index (χ0n) is 18.0. The molecule has 6 heteroatoms. The number of carbonyl (C=O) groups is 1. The number of rotatable bonds is 3. The summed E-state index contributed by atoms with van der Waals surface area (Å²) in [5.74, 6) is -0.286. The van der Waals surface area contributed by atoms with Gasteiger partial charge in [0.2, 0.25) is 0 Å². The van der Waals surface area contributed by atoms with E-state index in [0.29, 0.717) is 18.2 Å². The third-order valence-electron chi connectivity index (χ3n) is 6.17. The molecule has 160 valence electrons. The van der Waals surface area contributed by atoms with Crippen LogP contribution in [0.15, 0.2) is 36.4 Å². The standard InChI is InChI=1S/C24H29ClN2O3/c1-15-5-7-17(8-6-15)22-24(3,4)23(30-16(2)28)18-13-21(19(25)14-20(18)26-22)27-9-11-29-12-10-27/h5-8,13-14,22-23,26H,9-12H2,1-4H3. The van der Waals surface area contributed by atoms with Crippen molar-refractivity contribution in [3.05, 3.63) is 58.1 Å². The van der Waals surface area contributed by atoms with E-state index in [1.807, 2.05) is 6.07 Å². The Morgan fingerprint density at radius 3 is 2.50 bits per heavy atom. The molecular formula is C24H29ClN2O3. The highest BCUT2D eigenvalue weighted by atomic mass is 35.5. The van der Waals surface area contributed by atoms with Crippen LogP contribution >= 0.6 is 11.6 Å². The molecule has 0 radical (unpaired) electrons. The molecule has 2 aromatic carbocycles. The Bertz CT molecular complexity index is 936. The predicted octanol–water partition coefficient (Wildman–Crippen LogP) is 5.28. The van der Waals surface area contributed by atoms with Crippen LogP contribution in [0.4, 0.5) is 11.4 Å². The summed E-state index contributed by atoms with van der Waals surface area (Å²) < 4.78 is 11.4. The molecule has 0 aromatic heterocycles. The molecule has 0 bridgehead atoms. The number of ether oxygens (including phenoxy) is 2. The number of esters is 1. The molecule has 2 heterocycles. The van der Waals surface area contributed by atoms with Crippen molar-refractivity contribution in [3.8, 4) is 0 Å². The highest BCUT2D eigenvalue weighted by molar-refractivity contribution is 6.33. The summed E-state index contributed by atoms with van der Waals surface area (Å²) in [6.45, 7) is 10.8. The van der Waals surface area contributed by atoms with Crippen LogP contribution in [0.25, 0.3) is 0 Å². The third-order valence-corrected chi connectivity index (χ3v) is 6.47. The van der Waals surface area contributed by atoms with E-state index in [4.69, 9.17) is 21.1 Å². The molecular weight excluding hydrogens is 400 g/mol. The molecule has 2 aromatic rings. The molecule has 0 amide bonds. The van der Waals surface area contributed by atoms with Gasteiger partial charge >= 0.3 is 5.97 Å². The van der Waals surface area contributed by atoms with Crippen molar-refractivity contribution in [2.45, 2.75) is 39.8 Å². The van der Waals surface area contributed by atoms with E-state index in [-0.39, 0.29) is 17.4 Å². The summed E-state index contributed by atoms with van der Waals surface area (Å²) in [6.07, 6.45) is -0.394. The largest absolute Gasteiger partial charge is 0.457 e. The highest BCUT2D eigenvalue weighted by Gasteiger charge is 2.46. The third kappa shape index (κ3) is 3.88. The van der Waals surface area contributed by atoms with Gasteiger partial charge in [0.1, 0.15) is 6.10 Å². The van der Waals surface area contributed by atoms with Crippen molar-refractivity contribution < 1.29 is 14.3 Å². The first-order chi connectivity index (χ1) is 14.3. The van der Waals surface area contributed by atoms with E-state index >= 15 is 0 Å². The lowest BCUT2D eigenvalue weighted by molar-refractivity contribution is -0.154. The van der Waals surface area contributed by atoms with Gasteiger partial charge in [-0.2, -0.15) is 0 Å². The van der Waals surface area contributed by atoms with Crippen molar-refractivity contribution in [3.63, 3.8) is 0 Å². The lowest BCUT2D eigenvalue weighted by Crippen LogP contribution is -2.41. The summed E-state index contributed by atoms with van der Waals surface area (Å²) in [7, 11) is 0. The van der Waals surface area contributed by atoms with E-state index in [0.717, 1.165) is 35.6 Å². The first kappa shape index (κ1) is 21.0. The van der Waals surface area contributed by atoms with E-state index < -0.39 is 6.10 Å². The minimum Gasteiger partial charge on any atom is -0.457 e. The number of benzene rings is 2. The molecule has 1 saturated heterocycles. The van der Waals surface area contributed by atoms with Gasteiger partial charge in [-0.05, 0) is 24.6 Å². The fraction of sp³-hybridized carbons (Fsp3) is 0.458. The van der Waals surface area contributed by atoms with Crippen LogP contribution in [0, 0.1) is 12.3 Å². The van der Waals surface area contributed by atoms with Gasteiger partial charge in [0.25, 0.3) is 0 Å². The Morgan fingerprint density at radius 2 is 1.87 bits per heavy atom. The molecule has 5 nitrogen and oxygen atoms in total. The summed E-state index contributed by atoms with van der Waals surface area (Å²) in [5.41, 5.74) is 4.83. The average Bonchev–Trinajstić information content (AvgIpc) is 2.71. The van der Waals surface area contributed by atoms with E-state index in [9.17, 15) is 4.79 Å². The Balaban J connectivity index is 1.80. The maximum atomic E-state index is 12.1. The number of fused-ring (bicyclic) bond motifs is 1. The lowest BCUT2D eigenvalue weighted by Gasteiger charge is -2.46. The SMILES string of the molecule is CC(=O)OC1c2cc(N3CCOCC3)c(Cl)cc2NC(c2ccc(C)cc2)C1(C)C. The van der Waals surface area contributed by atoms with Gasteiger partial charge in [-0.3, -0.25) is 4.79 Å². The number of morpholine rings is 1. The molecule has 0 aliphatic carbocycles. The molecule has 30 heavy (non-hydrogen) atoms. The molecule has 1 fully saturated rings. The smallest absolute Gasteiger partial charge is 0.303 e. The van der Waals surface area contributed by atoms with Crippen molar-refractivity contribution in [2.75, 3.05) is 36.5 Å². The van der Waals surface area contributed by atoms with Crippen LogP contribution in [0.3, 0.4) is 0 Å². The zero-order valence-corrected chi connectivity index (χ0v) is 18.8. The van der Waals surface area contributed by atoms with E-state index in [2.05, 4.69) is 61.3 Å². The van der Waals surface area contributed by atoms with Crippen molar-refractivity contribution >= 4 is 28.9 Å². The lowest BCUT2D eigenvalue weighted by atomic mass is 9.70. The van der Waals surface area contributed by atoms with Crippen LogP contribution in [0.1, 0.15) is 49.6 Å². The van der Waals surface area contributed by atoms with Crippen LogP contribution in [0.2, 0.25) is 5.02 Å². The second kappa shape index (κ2) is 8.12. The van der Waals surface area contributed by atoms with Crippen LogP contribution < -0.4 is 10.2 Å². The van der Waals surface area contributed by atoms with E-state index in [1.165, 1.54) is 12.5 Å². The first-order valence-corrected chi connectivity index (χ1v) is 10.8. The van der Waals surface area contributed by atoms with Gasteiger partial charge in [0, 0.05) is 36.7 Å². The maximum Gasteiger partial charge on any atom is 0.303 e. The van der Waals surface area contributed by atoms with Crippen molar-refractivity contribution in [2.24, 2.45) is 5.41 Å². The molecule has 1 N–H and O–H groups in total. The van der Waals surface area contributed by atoms with Gasteiger partial charge in [-0.1, -0.05) is 55.3 Å². The maximum absolute atomic E-state index is 12.1. The molecule has 2 aliphatic heterocycles. The summed E-state index contributed by atoms with van der Waals surface area (Å²) in [6, 6.07) is 12.5. The number of anilines is 2. The monoisotopic (exact) mass is 428 g/mol. The number of nitrogens with one attached hydrogen (secondary N) is 1. The Kier molecular flexibility index (Phi) is 5.69. The number of nitrogens with zero attached hydrogens (tertiary/aromatic N) is 1. The van der Waals surface area contributed by atoms with Crippen LogP contribution in [0.5, 0.6) is 0 Å². The number of hydrogen-bond acceptors (Lipinski definition) is 5. The molecule has 0 saturated carbocycles. The second-order valence-corrected chi connectivity index (χ2v) is 9.20. The van der Waals surface area contributed by atoms with Gasteiger partial charge in [0.15, 0.2) is 0 Å². The number of hydrogen-bond donors (Lipinski definition) is 1. The number of aryl methyl sites for hydroxylation is 1. The number of carbonyl (C=O) groups excluding carboxylic acids is 1. The Hall–Kier alpha value is -2.24. The molecule has 0 spiro atoms. The van der Waals surface area contributed by atoms with Gasteiger partial charge in [-0.25, -0.2) is 0 Å². The van der Waals surface area contributed by atoms with Gasteiger partial charge < -0.3 is 19.7 Å². The fourth-order valence-electron chi connectivity index (χ4n) is 4.51. The Morgan fingerprint density at radius 1 is 1.20 bits per heavy atom. The summed E-state index contributed by atoms with van der Waals surface area (Å²) in [5, 5.41) is 4.37. The zero-order chi connectivity index (χ0) is 21.5. The molecule has 2 atom stereocenters. The molecule has 2 aliphatic rings. The normalized spacial score (nSPS) is 22.8. The van der Waals surface area contributed by atoms with Crippen LogP contribution in [-0.2, 0) is 14.3 Å². The summed E-state index contributed by atoms with van der Waals surface area (Å²) >= 11 is 6.70. The van der Waals surface area contributed by atoms with Gasteiger partial charge in [-0.15, -0.1) is 0 Å². The van der Waals surface area contributed by atoms with Crippen LogP contribution in [-0.4, -0.2) is 32.3 Å². The van der Waals surface area contributed by atoms with E-state index in [1.54, 1.807) is 0 Å². The summed E-state index contributed by atoms with van der Waals surface area (Å²) in [4.78, 5) is 14.3. The van der Waals surface area contributed by atoms with Crippen molar-refractivity contribution in [1.82, 2.24) is 0 Å². The predicted molar refractivity (Wildman–Crippen MR) is 120 cm³/mol. The minimum absolute atomic E-state index is 0.0275. The topological polar surface area (TPSA) is 50.8 Å².